The Bertz CT molecular complexity index is 817. The standard InChI is InChI=1S/C19H14F2O2/c20-16-9-6-14(7-10-16)19(23,13-4-2-1-3-5-13)15-8-11-18(22)17(21)12-15/h1-12,22-23H. The molecule has 1 atom stereocenters. The highest BCUT2D eigenvalue weighted by Crippen LogP contribution is 2.37. The molecule has 23 heavy (non-hydrogen) atoms. The zero-order chi connectivity index (χ0) is 16.4. The largest absolute Gasteiger partial charge is 0.505 e. The Hall–Kier alpha value is -2.72. The molecule has 2 nitrogen and oxygen atoms in total. The van der Waals surface area contributed by atoms with Crippen molar-refractivity contribution >= 4 is 0 Å². The molecule has 0 aromatic heterocycles. The summed E-state index contributed by atoms with van der Waals surface area (Å²) in [4.78, 5) is 0. The fourth-order valence-corrected chi connectivity index (χ4v) is 2.60. The van der Waals surface area contributed by atoms with Gasteiger partial charge in [0.15, 0.2) is 11.6 Å². The topological polar surface area (TPSA) is 40.5 Å². The number of phenolic OH excluding ortho intramolecular Hbond substituents is 1. The number of aliphatic hydroxyl groups is 1. The van der Waals surface area contributed by atoms with Crippen molar-refractivity contribution in [2.45, 2.75) is 5.60 Å². The van der Waals surface area contributed by atoms with Crippen LogP contribution in [0.4, 0.5) is 8.78 Å². The van der Waals surface area contributed by atoms with Gasteiger partial charge in [0.25, 0.3) is 0 Å². The van der Waals surface area contributed by atoms with E-state index in [0.717, 1.165) is 6.07 Å². The molecule has 0 aliphatic rings. The van der Waals surface area contributed by atoms with E-state index >= 15 is 0 Å². The Kier molecular flexibility index (Phi) is 3.84. The molecule has 0 aliphatic heterocycles. The summed E-state index contributed by atoms with van der Waals surface area (Å²) in [6.07, 6.45) is 0. The fourth-order valence-electron chi connectivity index (χ4n) is 2.60. The molecule has 0 amide bonds. The fraction of sp³-hybridized carbons (Fsp3) is 0.0526. The zero-order valence-corrected chi connectivity index (χ0v) is 12.1. The minimum atomic E-state index is -1.66. The zero-order valence-electron chi connectivity index (χ0n) is 12.1. The van der Waals surface area contributed by atoms with Gasteiger partial charge in [0.2, 0.25) is 0 Å². The van der Waals surface area contributed by atoms with Crippen molar-refractivity contribution in [2.24, 2.45) is 0 Å². The first-order valence-electron chi connectivity index (χ1n) is 7.05. The number of phenols is 1. The average Bonchev–Trinajstić information content (AvgIpc) is 2.58. The maximum atomic E-state index is 13.8. The van der Waals surface area contributed by atoms with Crippen LogP contribution in [0.3, 0.4) is 0 Å². The van der Waals surface area contributed by atoms with E-state index in [0.29, 0.717) is 11.1 Å². The van der Waals surface area contributed by atoms with E-state index in [2.05, 4.69) is 0 Å². The lowest BCUT2D eigenvalue weighted by Gasteiger charge is -2.30. The quantitative estimate of drug-likeness (QED) is 0.719. The van der Waals surface area contributed by atoms with E-state index in [-0.39, 0.29) is 5.56 Å². The third kappa shape index (κ3) is 2.69. The lowest BCUT2D eigenvalue weighted by Crippen LogP contribution is -2.29. The van der Waals surface area contributed by atoms with Crippen molar-refractivity contribution in [3.05, 3.63) is 101 Å². The first kappa shape index (κ1) is 15.2. The van der Waals surface area contributed by atoms with Crippen LogP contribution < -0.4 is 0 Å². The van der Waals surface area contributed by atoms with Crippen molar-refractivity contribution in [1.82, 2.24) is 0 Å². The molecular formula is C19H14F2O2. The molecule has 0 bridgehead atoms. The number of aromatic hydroxyl groups is 1. The lowest BCUT2D eigenvalue weighted by atomic mass is 9.80. The minimum Gasteiger partial charge on any atom is -0.505 e. The molecule has 0 aliphatic carbocycles. The Labute approximate surface area is 132 Å². The molecule has 0 saturated heterocycles. The van der Waals surface area contributed by atoms with Crippen LogP contribution in [-0.2, 0) is 5.60 Å². The third-order valence-electron chi connectivity index (χ3n) is 3.82. The second-order valence-corrected chi connectivity index (χ2v) is 5.25. The van der Waals surface area contributed by atoms with Gasteiger partial charge in [-0.25, -0.2) is 8.78 Å². The van der Waals surface area contributed by atoms with E-state index in [1.165, 1.54) is 36.4 Å². The normalized spacial score (nSPS) is 13.5. The molecule has 3 rings (SSSR count). The summed E-state index contributed by atoms with van der Waals surface area (Å²) in [5.41, 5.74) is -0.513. The van der Waals surface area contributed by atoms with Gasteiger partial charge in [0, 0.05) is 0 Å². The van der Waals surface area contributed by atoms with Crippen LogP contribution in [0.25, 0.3) is 0 Å². The minimum absolute atomic E-state index is 0.241. The SMILES string of the molecule is Oc1ccc(C(O)(c2ccccc2)c2ccc(F)cc2)cc1F. The smallest absolute Gasteiger partial charge is 0.165 e. The summed E-state index contributed by atoms with van der Waals surface area (Å²) in [5, 5.41) is 20.7. The Morgan fingerprint density at radius 1 is 0.696 bits per heavy atom. The maximum Gasteiger partial charge on any atom is 0.165 e. The number of rotatable bonds is 3. The highest BCUT2D eigenvalue weighted by atomic mass is 19.1. The average molecular weight is 312 g/mol. The van der Waals surface area contributed by atoms with Gasteiger partial charge in [-0.15, -0.1) is 0 Å². The molecule has 3 aromatic carbocycles. The molecule has 0 fully saturated rings. The maximum absolute atomic E-state index is 13.8. The summed E-state index contributed by atoms with van der Waals surface area (Å²) >= 11 is 0. The molecule has 2 N–H and O–H groups in total. The van der Waals surface area contributed by atoms with E-state index in [1.807, 2.05) is 0 Å². The van der Waals surface area contributed by atoms with Crippen LogP contribution in [-0.4, -0.2) is 10.2 Å². The summed E-state index contributed by atoms with van der Waals surface area (Å²) in [6, 6.07) is 17.8. The number of benzene rings is 3. The van der Waals surface area contributed by atoms with Gasteiger partial charge in [-0.05, 0) is 41.0 Å². The van der Waals surface area contributed by atoms with Gasteiger partial charge in [-0.2, -0.15) is 0 Å². The van der Waals surface area contributed by atoms with Gasteiger partial charge in [-0.1, -0.05) is 48.5 Å². The number of hydrogen-bond acceptors (Lipinski definition) is 2. The van der Waals surface area contributed by atoms with Crippen LogP contribution >= 0.6 is 0 Å². The van der Waals surface area contributed by atoms with Gasteiger partial charge in [0.05, 0.1) is 0 Å². The summed E-state index contributed by atoms with van der Waals surface area (Å²) in [7, 11) is 0. The summed E-state index contributed by atoms with van der Waals surface area (Å²) in [6.45, 7) is 0. The lowest BCUT2D eigenvalue weighted by molar-refractivity contribution is 0.125. The van der Waals surface area contributed by atoms with Gasteiger partial charge < -0.3 is 10.2 Å². The predicted octanol–water partition coefficient (Wildman–Crippen LogP) is 3.95. The number of hydrogen-bond donors (Lipinski definition) is 2. The van der Waals surface area contributed by atoms with E-state index in [9.17, 15) is 19.0 Å². The summed E-state index contributed by atoms with van der Waals surface area (Å²) in [5.74, 6) is -1.76. The molecule has 3 aromatic rings. The van der Waals surface area contributed by atoms with Gasteiger partial charge in [-0.3, -0.25) is 0 Å². The molecule has 0 heterocycles. The van der Waals surface area contributed by atoms with Crippen molar-refractivity contribution in [3.8, 4) is 5.75 Å². The first-order chi connectivity index (χ1) is 11.0. The van der Waals surface area contributed by atoms with Crippen molar-refractivity contribution in [2.75, 3.05) is 0 Å². The second kappa shape index (κ2) is 5.82. The highest BCUT2D eigenvalue weighted by Gasteiger charge is 2.34. The van der Waals surface area contributed by atoms with E-state index in [1.54, 1.807) is 30.3 Å². The van der Waals surface area contributed by atoms with Gasteiger partial charge >= 0.3 is 0 Å². The predicted molar refractivity (Wildman–Crippen MR) is 83.0 cm³/mol. The molecule has 116 valence electrons. The summed E-state index contributed by atoms with van der Waals surface area (Å²) < 4.78 is 27.0. The Balaban J connectivity index is 2.25. The number of halogens is 2. The van der Waals surface area contributed by atoms with Crippen LogP contribution in [0.2, 0.25) is 0 Å². The van der Waals surface area contributed by atoms with Crippen LogP contribution in [0.5, 0.6) is 5.75 Å². The highest BCUT2D eigenvalue weighted by molar-refractivity contribution is 5.48. The first-order valence-corrected chi connectivity index (χ1v) is 7.05. The van der Waals surface area contributed by atoms with Crippen LogP contribution in [0.15, 0.2) is 72.8 Å². The molecule has 4 heteroatoms. The van der Waals surface area contributed by atoms with Crippen molar-refractivity contribution in [3.63, 3.8) is 0 Å². The third-order valence-corrected chi connectivity index (χ3v) is 3.82. The van der Waals surface area contributed by atoms with E-state index in [4.69, 9.17) is 0 Å². The van der Waals surface area contributed by atoms with Crippen LogP contribution in [0, 0.1) is 11.6 Å². The molecule has 1 unspecified atom stereocenters. The Morgan fingerprint density at radius 2 is 1.26 bits per heavy atom. The van der Waals surface area contributed by atoms with E-state index < -0.39 is 23.0 Å². The van der Waals surface area contributed by atoms with Crippen LogP contribution in [0.1, 0.15) is 16.7 Å². The molecule has 0 radical (unpaired) electrons. The Morgan fingerprint density at radius 3 is 1.87 bits per heavy atom. The van der Waals surface area contributed by atoms with Crippen molar-refractivity contribution < 1.29 is 19.0 Å². The monoisotopic (exact) mass is 312 g/mol. The molecule has 0 spiro atoms. The van der Waals surface area contributed by atoms with Gasteiger partial charge in [0.1, 0.15) is 11.4 Å². The van der Waals surface area contributed by atoms with Crippen molar-refractivity contribution in [1.29, 1.82) is 0 Å². The molecular weight excluding hydrogens is 298 g/mol. The second-order valence-electron chi connectivity index (χ2n) is 5.25. The molecule has 0 saturated carbocycles.